The number of carboxylic acid groups (broad SMARTS) is 1. The summed E-state index contributed by atoms with van der Waals surface area (Å²) in [6.45, 7) is 3.04. The van der Waals surface area contributed by atoms with Crippen molar-refractivity contribution in [1.29, 1.82) is 0 Å². The van der Waals surface area contributed by atoms with Gasteiger partial charge >= 0.3 is 11.9 Å². The smallest absolute Gasteiger partial charge is 0.336 e. The molecule has 182 valence electrons. The molecule has 33 heavy (non-hydrogen) atoms. The zero-order valence-electron chi connectivity index (χ0n) is 18.5. The minimum atomic E-state index is -1.35. The summed E-state index contributed by atoms with van der Waals surface area (Å²) in [6, 6.07) is 4.59. The van der Waals surface area contributed by atoms with Crippen LogP contribution in [-0.2, 0) is 28.5 Å². The van der Waals surface area contributed by atoms with Gasteiger partial charge in [-0.15, -0.1) is 0 Å². The van der Waals surface area contributed by atoms with Gasteiger partial charge in [-0.3, -0.25) is 0 Å². The zero-order valence-corrected chi connectivity index (χ0v) is 20.0. The van der Waals surface area contributed by atoms with Gasteiger partial charge in [0, 0.05) is 13.2 Å². The first-order valence-electron chi connectivity index (χ1n) is 10.2. The van der Waals surface area contributed by atoms with Gasteiger partial charge in [-0.25, -0.2) is 14.0 Å². The van der Waals surface area contributed by atoms with Crippen LogP contribution in [0.15, 0.2) is 40.7 Å². The first kappa shape index (κ1) is 27.1. The standard InChI is InChI=1S/C22H26Cl2FNO7/c1-4-32-16(33-5-2)11-31-10-15-18(21(27)28)17(12-7-6-8-13(23)20(12)24)19(22(29)30-3)14(9-25)26-15/h6-8,16-17,26H,4-5,9-11H2,1-3H3,(H,27,28). The molecule has 0 radical (unpaired) electrons. The molecule has 0 bridgehead atoms. The molecule has 1 atom stereocenters. The van der Waals surface area contributed by atoms with Crippen LogP contribution in [0.3, 0.4) is 0 Å². The van der Waals surface area contributed by atoms with Crippen LogP contribution < -0.4 is 5.32 Å². The van der Waals surface area contributed by atoms with Crippen molar-refractivity contribution in [2.75, 3.05) is 40.2 Å². The Labute approximate surface area is 201 Å². The Balaban J connectivity index is 2.55. The Hall–Kier alpha value is -2.17. The molecule has 11 heteroatoms. The molecule has 1 unspecified atom stereocenters. The predicted octanol–water partition coefficient (Wildman–Crippen LogP) is 3.83. The molecule has 0 saturated heterocycles. The van der Waals surface area contributed by atoms with Gasteiger partial charge < -0.3 is 29.4 Å². The van der Waals surface area contributed by atoms with Crippen molar-refractivity contribution in [3.05, 3.63) is 56.3 Å². The van der Waals surface area contributed by atoms with Gasteiger partial charge in [0.15, 0.2) is 6.29 Å². The highest BCUT2D eigenvalue weighted by atomic mass is 35.5. The van der Waals surface area contributed by atoms with Gasteiger partial charge in [0.05, 0.1) is 58.8 Å². The van der Waals surface area contributed by atoms with Gasteiger partial charge in [0.2, 0.25) is 0 Å². The maximum Gasteiger partial charge on any atom is 0.336 e. The second-order valence-corrected chi connectivity index (χ2v) is 7.56. The number of ether oxygens (including phenoxy) is 4. The molecule has 8 nitrogen and oxygen atoms in total. The summed E-state index contributed by atoms with van der Waals surface area (Å²) in [4.78, 5) is 24.9. The molecule has 1 aromatic rings. The highest BCUT2D eigenvalue weighted by molar-refractivity contribution is 6.42. The molecule has 1 heterocycles. The lowest BCUT2D eigenvalue weighted by molar-refractivity contribution is -0.165. The quantitative estimate of drug-likeness (QED) is 0.326. The van der Waals surface area contributed by atoms with Gasteiger partial charge in [-0.1, -0.05) is 35.3 Å². The highest BCUT2D eigenvalue weighted by Crippen LogP contribution is 2.43. The van der Waals surface area contributed by atoms with Gasteiger partial charge in [-0.2, -0.15) is 0 Å². The molecule has 1 aliphatic heterocycles. The van der Waals surface area contributed by atoms with Crippen LogP contribution in [0, 0.1) is 0 Å². The van der Waals surface area contributed by atoms with Crippen molar-refractivity contribution in [2.24, 2.45) is 0 Å². The highest BCUT2D eigenvalue weighted by Gasteiger charge is 2.40. The van der Waals surface area contributed by atoms with Crippen LogP contribution in [0.25, 0.3) is 0 Å². The summed E-state index contributed by atoms with van der Waals surface area (Å²) in [5.41, 5.74) is -0.352. The summed E-state index contributed by atoms with van der Waals surface area (Å²) in [5.74, 6) is -3.50. The average Bonchev–Trinajstić information content (AvgIpc) is 2.79. The van der Waals surface area contributed by atoms with E-state index in [9.17, 15) is 19.1 Å². The fourth-order valence-corrected chi connectivity index (χ4v) is 3.88. The van der Waals surface area contributed by atoms with E-state index in [1.54, 1.807) is 19.9 Å². The first-order valence-corrected chi connectivity index (χ1v) is 10.9. The van der Waals surface area contributed by atoms with Gasteiger partial charge in [0.1, 0.15) is 6.67 Å². The summed E-state index contributed by atoms with van der Waals surface area (Å²) < 4.78 is 35.3. The lowest BCUT2D eigenvalue weighted by Gasteiger charge is -2.31. The second kappa shape index (κ2) is 12.9. The van der Waals surface area contributed by atoms with Gasteiger partial charge in [-0.05, 0) is 25.5 Å². The fraction of sp³-hybridized carbons (Fsp3) is 0.455. The van der Waals surface area contributed by atoms with Crippen LogP contribution in [0.1, 0.15) is 25.3 Å². The van der Waals surface area contributed by atoms with Gasteiger partial charge in [0.25, 0.3) is 0 Å². The minimum absolute atomic E-state index is 0.000871. The number of halogens is 3. The van der Waals surface area contributed by atoms with E-state index in [-0.39, 0.29) is 51.4 Å². The monoisotopic (exact) mass is 505 g/mol. The minimum Gasteiger partial charge on any atom is -0.478 e. The SMILES string of the molecule is CCOC(COCC1=C(C(=O)O)C(c2cccc(Cl)c2Cl)C(C(=O)OC)=C(CF)N1)OCC. The number of allylic oxidation sites excluding steroid dienone is 1. The molecule has 1 aliphatic rings. The third-order valence-electron chi connectivity index (χ3n) is 4.80. The molecule has 1 aromatic carbocycles. The van der Waals surface area contributed by atoms with Crippen LogP contribution in [0.2, 0.25) is 10.0 Å². The van der Waals surface area contributed by atoms with E-state index >= 15 is 0 Å². The molecule has 0 spiro atoms. The van der Waals surface area contributed by atoms with E-state index in [2.05, 4.69) is 5.32 Å². The van der Waals surface area contributed by atoms with E-state index in [4.69, 9.17) is 42.1 Å². The fourth-order valence-electron chi connectivity index (χ4n) is 3.46. The van der Waals surface area contributed by atoms with E-state index in [1.165, 1.54) is 12.1 Å². The normalized spacial score (nSPS) is 16.3. The number of nitrogens with one attached hydrogen (secondary N) is 1. The summed E-state index contributed by atoms with van der Waals surface area (Å²) in [5, 5.41) is 12.9. The molecule has 0 amide bonds. The van der Waals surface area contributed by atoms with E-state index < -0.39 is 30.8 Å². The Bertz CT molecular complexity index is 929. The number of rotatable bonds is 12. The summed E-state index contributed by atoms with van der Waals surface area (Å²) >= 11 is 12.5. The Morgan fingerprint density at radius 1 is 1.15 bits per heavy atom. The molecule has 0 aromatic heterocycles. The summed E-state index contributed by atoms with van der Waals surface area (Å²) in [6.07, 6.45) is -0.655. The Morgan fingerprint density at radius 2 is 1.82 bits per heavy atom. The number of esters is 1. The topological polar surface area (TPSA) is 103 Å². The number of carboxylic acids is 1. The Kier molecular flexibility index (Phi) is 10.6. The van der Waals surface area contributed by atoms with Crippen molar-refractivity contribution < 1.29 is 38.0 Å². The molecular formula is C22H26Cl2FNO7. The maximum absolute atomic E-state index is 14.0. The number of hydrogen-bond acceptors (Lipinski definition) is 7. The molecule has 0 saturated carbocycles. The van der Waals surface area contributed by atoms with Crippen molar-refractivity contribution in [1.82, 2.24) is 5.32 Å². The maximum atomic E-state index is 14.0. The number of dihydropyridines is 1. The van der Waals surface area contributed by atoms with Crippen molar-refractivity contribution >= 4 is 35.1 Å². The van der Waals surface area contributed by atoms with Crippen molar-refractivity contribution in [3.63, 3.8) is 0 Å². The first-order chi connectivity index (χ1) is 15.8. The van der Waals surface area contributed by atoms with E-state index in [1.807, 2.05) is 0 Å². The lowest BCUT2D eigenvalue weighted by atomic mass is 9.80. The largest absolute Gasteiger partial charge is 0.478 e. The average molecular weight is 506 g/mol. The number of carbonyl (C=O) groups excluding carboxylic acids is 1. The Morgan fingerprint density at radius 3 is 2.36 bits per heavy atom. The number of benzene rings is 1. The number of hydrogen-bond donors (Lipinski definition) is 2. The van der Waals surface area contributed by atoms with E-state index in [0.717, 1.165) is 7.11 Å². The molecular weight excluding hydrogens is 480 g/mol. The van der Waals surface area contributed by atoms with Crippen LogP contribution in [-0.4, -0.2) is 63.5 Å². The van der Waals surface area contributed by atoms with Crippen LogP contribution >= 0.6 is 23.2 Å². The van der Waals surface area contributed by atoms with Crippen molar-refractivity contribution in [2.45, 2.75) is 26.1 Å². The number of aliphatic carboxylic acids is 1. The summed E-state index contributed by atoms with van der Waals surface area (Å²) in [7, 11) is 1.12. The second-order valence-electron chi connectivity index (χ2n) is 6.77. The molecule has 0 fully saturated rings. The lowest BCUT2D eigenvalue weighted by Crippen LogP contribution is -2.36. The van der Waals surface area contributed by atoms with Crippen LogP contribution in [0.5, 0.6) is 0 Å². The predicted molar refractivity (Wildman–Crippen MR) is 120 cm³/mol. The zero-order chi connectivity index (χ0) is 24.5. The third-order valence-corrected chi connectivity index (χ3v) is 5.63. The number of alkyl halides is 1. The third kappa shape index (κ3) is 6.45. The van der Waals surface area contributed by atoms with Crippen LogP contribution in [0.4, 0.5) is 4.39 Å². The molecule has 2 rings (SSSR count). The molecule has 0 aliphatic carbocycles. The van der Waals surface area contributed by atoms with E-state index in [0.29, 0.717) is 13.2 Å². The number of carbonyl (C=O) groups is 2. The molecule has 2 N–H and O–H groups in total. The van der Waals surface area contributed by atoms with Crippen molar-refractivity contribution in [3.8, 4) is 0 Å². The number of methoxy groups -OCH3 is 1.